The zero-order valence-electron chi connectivity index (χ0n) is 10.0. The number of hydrogen-bond donors (Lipinski definition) is 0. The van der Waals surface area contributed by atoms with Gasteiger partial charge in [-0.2, -0.15) is 0 Å². The summed E-state index contributed by atoms with van der Waals surface area (Å²) in [4.78, 5) is 1.38. The highest BCUT2D eigenvalue weighted by Gasteiger charge is 1.88. The van der Waals surface area contributed by atoms with Gasteiger partial charge >= 0.3 is 0 Å². The van der Waals surface area contributed by atoms with Gasteiger partial charge in [0.15, 0.2) is 0 Å². The third-order valence-electron chi connectivity index (χ3n) is 0.622. The third-order valence-corrected chi connectivity index (χ3v) is 2.49. The minimum atomic E-state index is 1.38. The van der Waals surface area contributed by atoms with Crippen molar-refractivity contribution < 1.29 is 0 Å². The maximum atomic E-state index is 2.14. The largest absolute Gasteiger partial charge is 0.105 e. The average molecular weight is 220 g/mol. The summed E-state index contributed by atoms with van der Waals surface area (Å²) in [6.07, 6.45) is 0. The van der Waals surface area contributed by atoms with Crippen molar-refractivity contribution in [2.24, 2.45) is 0 Å². The van der Waals surface area contributed by atoms with Crippen molar-refractivity contribution in [1.82, 2.24) is 0 Å². The molecule has 0 unspecified atom stereocenters. The van der Waals surface area contributed by atoms with Crippen molar-refractivity contribution in [2.75, 3.05) is 0 Å². The van der Waals surface area contributed by atoms with E-state index < -0.39 is 0 Å². The number of rotatable bonds is 0. The summed E-state index contributed by atoms with van der Waals surface area (Å²) in [5.74, 6) is 0. The Balaban J connectivity index is -0.000000144. The van der Waals surface area contributed by atoms with Gasteiger partial charge in [0.25, 0.3) is 0 Å². The molecule has 0 spiro atoms. The van der Waals surface area contributed by atoms with E-state index in [1.54, 1.807) is 23.5 Å². The van der Waals surface area contributed by atoms with Gasteiger partial charge in [-0.05, 0) is 28.1 Å². The van der Waals surface area contributed by atoms with E-state index in [2.05, 4.69) is 23.1 Å². The molecule has 0 N–H and O–H groups in total. The molecule has 0 aromatic carbocycles. The molecule has 0 fully saturated rings. The van der Waals surface area contributed by atoms with Gasteiger partial charge in [-0.15, -0.1) is 23.5 Å². The van der Waals surface area contributed by atoms with Crippen molar-refractivity contribution in [3.63, 3.8) is 0 Å². The lowest BCUT2D eigenvalue weighted by atomic mass is 10.8. The van der Waals surface area contributed by atoms with Crippen LogP contribution in [0.3, 0.4) is 0 Å². The van der Waals surface area contributed by atoms with Crippen LogP contribution in [0.5, 0.6) is 0 Å². The maximum Gasteiger partial charge on any atom is -0.00729 e. The molecule has 13 heavy (non-hydrogen) atoms. The Labute approximate surface area is 93.3 Å². The summed E-state index contributed by atoms with van der Waals surface area (Å²) in [5.41, 5.74) is 0. The topological polar surface area (TPSA) is 0 Å². The van der Waals surface area contributed by atoms with E-state index >= 15 is 0 Å². The van der Waals surface area contributed by atoms with Gasteiger partial charge in [-0.1, -0.05) is 41.5 Å². The molecule has 0 aromatic heterocycles. The third kappa shape index (κ3) is 18.9. The van der Waals surface area contributed by atoms with Gasteiger partial charge in [-0.25, -0.2) is 0 Å². The molecule has 1 heterocycles. The second-order valence-electron chi connectivity index (χ2n) is 1.25. The van der Waals surface area contributed by atoms with E-state index in [4.69, 9.17) is 0 Å². The summed E-state index contributed by atoms with van der Waals surface area (Å²) in [6, 6.07) is 0. The van der Waals surface area contributed by atoms with E-state index in [0.717, 1.165) is 0 Å². The Hall–Kier alpha value is 0.180. The summed E-state index contributed by atoms with van der Waals surface area (Å²) >= 11 is 3.52. The summed E-state index contributed by atoms with van der Waals surface area (Å²) in [7, 11) is 0. The molecule has 1 rings (SSSR count). The monoisotopic (exact) mass is 220 g/mol. The standard InChI is InChI=1S/C5H6S2.3C2H6/c1-5-4-6-2-3-7-5;3*1-2/h2-4H,1H3;3*1-2H3. The molecule has 0 aliphatic carbocycles. The van der Waals surface area contributed by atoms with Crippen molar-refractivity contribution in [3.8, 4) is 0 Å². The molecular weight excluding hydrogens is 196 g/mol. The SMILES string of the molecule is CC.CC.CC.CC1=CSC=CS1. The van der Waals surface area contributed by atoms with Crippen LogP contribution in [-0.2, 0) is 0 Å². The fourth-order valence-corrected chi connectivity index (χ4v) is 1.68. The molecule has 0 atom stereocenters. The zero-order valence-corrected chi connectivity index (χ0v) is 11.7. The van der Waals surface area contributed by atoms with Crippen LogP contribution in [0.25, 0.3) is 0 Å². The minimum Gasteiger partial charge on any atom is -0.105 e. The van der Waals surface area contributed by atoms with Crippen molar-refractivity contribution in [1.29, 1.82) is 0 Å². The van der Waals surface area contributed by atoms with Gasteiger partial charge in [0.2, 0.25) is 0 Å². The van der Waals surface area contributed by atoms with Gasteiger partial charge in [0.05, 0.1) is 0 Å². The smallest absolute Gasteiger partial charge is 0.00729 e. The lowest BCUT2D eigenvalue weighted by Gasteiger charge is -1.96. The average Bonchev–Trinajstić information content (AvgIpc) is 2.28. The van der Waals surface area contributed by atoms with Gasteiger partial charge in [0, 0.05) is 0 Å². The summed E-state index contributed by atoms with van der Waals surface area (Å²) in [5, 5.41) is 6.32. The van der Waals surface area contributed by atoms with Crippen molar-refractivity contribution in [2.45, 2.75) is 48.5 Å². The Morgan fingerprint density at radius 1 is 0.846 bits per heavy atom. The molecule has 0 saturated heterocycles. The first-order valence-electron chi connectivity index (χ1n) is 5.03. The van der Waals surface area contributed by atoms with Crippen LogP contribution in [0.1, 0.15) is 48.5 Å². The van der Waals surface area contributed by atoms with Gasteiger partial charge in [-0.3, -0.25) is 0 Å². The summed E-state index contributed by atoms with van der Waals surface area (Å²) in [6.45, 7) is 14.1. The highest BCUT2D eigenvalue weighted by Crippen LogP contribution is 2.26. The minimum absolute atomic E-state index is 1.38. The van der Waals surface area contributed by atoms with Gasteiger partial charge in [0.1, 0.15) is 0 Å². The van der Waals surface area contributed by atoms with Crippen LogP contribution in [0, 0.1) is 0 Å². The second-order valence-corrected chi connectivity index (χ2v) is 3.19. The molecule has 0 aromatic rings. The van der Waals surface area contributed by atoms with E-state index in [9.17, 15) is 0 Å². The molecule has 0 radical (unpaired) electrons. The Kier molecular flexibility index (Phi) is 33.0. The highest BCUT2D eigenvalue weighted by molar-refractivity contribution is 8.11. The van der Waals surface area contributed by atoms with Gasteiger partial charge < -0.3 is 0 Å². The van der Waals surface area contributed by atoms with E-state index in [0.29, 0.717) is 0 Å². The lowest BCUT2D eigenvalue weighted by Crippen LogP contribution is -1.63. The van der Waals surface area contributed by atoms with Crippen LogP contribution < -0.4 is 0 Å². The van der Waals surface area contributed by atoms with Crippen LogP contribution in [-0.4, -0.2) is 0 Å². The highest BCUT2D eigenvalue weighted by atomic mass is 32.2. The van der Waals surface area contributed by atoms with Crippen LogP contribution in [0.4, 0.5) is 0 Å². The fourth-order valence-electron chi connectivity index (χ4n) is 0.330. The van der Waals surface area contributed by atoms with E-state index in [1.165, 1.54) is 4.91 Å². The Morgan fingerprint density at radius 2 is 1.31 bits per heavy atom. The number of allylic oxidation sites excluding steroid dienone is 1. The second kappa shape index (κ2) is 22.8. The summed E-state index contributed by atoms with van der Waals surface area (Å²) < 4.78 is 0. The molecule has 0 amide bonds. The molecular formula is C11H24S2. The first kappa shape index (κ1) is 18.9. The predicted octanol–water partition coefficient (Wildman–Crippen LogP) is 5.88. The van der Waals surface area contributed by atoms with Crippen LogP contribution in [0.15, 0.2) is 21.1 Å². The molecule has 0 nitrogen and oxygen atoms in total. The Morgan fingerprint density at radius 3 is 1.46 bits per heavy atom. The Bertz CT molecular complexity index is 115. The molecule has 1 aliphatic rings. The van der Waals surface area contributed by atoms with E-state index in [-0.39, 0.29) is 0 Å². The number of thioether (sulfide) groups is 2. The molecule has 1 aliphatic heterocycles. The quantitative estimate of drug-likeness (QED) is 0.500. The molecule has 0 bridgehead atoms. The van der Waals surface area contributed by atoms with E-state index in [1.807, 2.05) is 41.5 Å². The van der Waals surface area contributed by atoms with Crippen LogP contribution >= 0.6 is 23.5 Å². The number of hydrogen-bond acceptors (Lipinski definition) is 2. The maximum absolute atomic E-state index is 2.14. The fraction of sp³-hybridized carbons (Fsp3) is 0.636. The predicted molar refractivity (Wildman–Crippen MR) is 72.1 cm³/mol. The van der Waals surface area contributed by atoms with Crippen molar-refractivity contribution >= 4 is 23.5 Å². The van der Waals surface area contributed by atoms with Crippen LogP contribution in [0.2, 0.25) is 0 Å². The zero-order chi connectivity index (χ0) is 11.1. The normalized spacial score (nSPS) is 11.8. The first-order chi connectivity index (χ1) is 6.39. The molecule has 80 valence electrons. The molecule has 0 saturated carbocycles. The molecule has 2 heteroatoms. The lowest BCUT2D eigenvalue weighted by molar-refractivity contribution is 1.50. The van der Waals surface area contributed by atoms with Crippen molar-refractivity contribution in [3.05, 3.63) is 21.1 Å². The first-order valence-corrected chi connectivity index (χ1v) is 6.86.